The molecular formula is C28H36N2O3S. The van der Waals surface area contributed by atoms with E-state index in [0.717, 1.165) is 22.7 Å². The molecular weight excluding hydrogens is 444 g/mol. The minimum Gasteiger partial charge on any atom is -0.469 e. The predicted molar refractivity (Wildman–Crippen MR) is 145 cm³/mol. The van der Waals surface area contributed by atoms with Gasteiger partial charge in [-0.2, -0.15) is 10.0 Å². The molecule has 0 radical (unpaired) electrons. The third kappa shape index (κ3) is 6.17. The molecule has 3 rings (SSSR count). The molecule has 0 aliphatic carbocycles. The van der Waals surface area contributed by atoms with Crippen molar-refractivity contribution in [2.24, 2.45) is 10.9 Å². The van der Waals surface area contributed by atoms with E-state index < -0.39 is 10.0 Å². The molecule has 182 valence electrons. The molecule has 1 amide bonds. The average Bonchev–Trinajstić information content (AvgIpc) is 3.14. The van der Waals surface area contributed by atoms with Gasteiger partial charge in [0.1, 0.15) is 0 Å². The minimum atomic E-state index is -1.31. The van der Waals surface area contributed by atoms with Crippen molar-refractivity contribution in [3.63, 3.8) is 0 Å². The molecule has 1 aliphatic rings. The zero-order valence-electron chi connectivity index (χ0n) is 20.9. The van der Waals surface area contributed by atoms with Crippen LogP contribution in [0.2, 0.25) is 0 Å². The van der Waals surface area contributed by atoms with E-state index in [9.17, 15) is 9.59 Å². The fourth-order valence-corrected chi connectivity index (χ4v) is 6.91. The summed E-state index contributed by atoms with van der Waals surface area (Å²) in [6.07, 6.45) is 11.3. The maximum absolute atomic E-state index is 12.7. The van der Waals surface area contributed by atoms with Crippen LogP contribution >= 0.6 is 10.0 Å². The van der Waals surface area contributed by atoms with Crippen molar-refractivity contribution < 1.29 is 14.3 Å². The Labute approximate surface area is 205 Å². The standard InChI is InChI=1S/C28H36N2O3S/c1-6-7-8-9-21-10-12-23(13-11-21)27(32)30-24-16-14-22(15-17-24)25-19-29-28(34(25,4)5)20(2)18-26(31)33-3/h10-17,19-20H,6-9,18H2,1-5H3,(H,30,32). The van der Waals surface area contributed by atoms with Gasteiger partial charge in [-0.25, -0.2) is 0 Å². The smallest absolute Gasteiger partial charge is 0.306 e. The zero-order chi connectivity index (χ0) is 24.7. The highest BCUT2D eigenvalue weighted by molar-refractivity contribution is 8.51. The van der Waals surface area contributed by atoms with Crippen LogP contribution in [-0.4, -0.2) is 36.5 Å². The van der Waals surface area contributed by atoms with Gasteiger partial charge in [0.15, 0.2) is 0 Å². The Bertz CT molecular complexity index is 1070. The van der Waals surface area contributed by atoms with Crippen molar-refractivity contribution in [1.82, 2.24) is 0 Å². The number of carbonyl (C=O) groups is 2. The van der Waals surface area contributed by atoms with Crippen LogP contribution in [0.4, 0.5) is 5.69 Å². The number of ether oxygens (including phenoxy) is 1. The van der Waals surface area contributed by atoms with Crippen LogP contribution in [0, 0.1) is 5.92 Å². The van der Waals surface area contributed by atoms with Crippen LogP contribution in [0.1, 0.15) is 61.0 Å². The molecule has 0 aromatic heterocycles. The molecule has 1 atom stereocenters. The molecule has 1 aliphatic heterocycles. The summed E-state index contributed by atoms with van der Waals surface area (Å²) in [5.41, 5.74) is 3.77. The first kappa shape index (κ1) is 25.8. The van der Waals surface area contributed by atoms with Crippen LogP contribution in [0.5, 0.6) is 0 Å². The number of amides is 1. The number of carbonyl (C=O) groups excluding carboxylic acids is 2. The maximum atomic E-state index is 12.7. The van der Waals surface area contributed by atoms with Crippen molar-refractivity contribution in [2.75, 3.05) is 24.9 Å². The molecule has 0 bridgehead atoms. The van der Waals surface area contributed by atoms with Crippen molar-refractivity contribution >= 4 is 37.5 Å². The summed E-state index contributed by atoms with van der Waals surface area (Å²) in [5, 5.41) is 4.05. The second-order valence-corrected chi connectivity index (χ2v) is 12.7. The lowest BCUT2D eigenvalue weighted by Gasteiger charge is -2.34. The van der Waals surface area contributed by atoms with Gasteiger partial charge in [-0.3, -0.25) is 14.6 Å². The zero-order valence-corrected chi connectivity index (χ0v) is 21.7. The van der Waals surface area contributed by atoms with Gasteiger partial charge in [0.2, 0.25) is 0 Å². The van der Waals surface area contributed by atoms with Gasteiger partial charge in [0.05, 0.1) is 18.6 Å². The highest BCUT2D eigenvalue weighted by atomic mass is 32.3. The number of aliphatic imine (C=N–C) groups is 1. The average molecular weight is 481 g/mol. The van der Waals surface area contributed by atoms with Gasteiger partial charge in [0.25, 0.3) is 5.91 Å². The number of anilines is 1. The Hall–Kier alpha value is -2.86. The largest absolute Gasteiger partial charge is 0.469 e. The third-order valence-electron chi connectivity index (χ3n) is 6.22. The van der Waals surface area contributed by atoms with E-state index in [4.69, 9.17) is 4.74 Å². The van der Waals surface area contributed by atoms with E-state index in [1.165, 1.54) is 36.8 Å². The summed E-state index contributed by atoms with van der Waals surface area (Å²) < 4.78 is 4.83. The first-order chi connectivity index (χ1) is 16.3. The van der Waals surface area contributed by atoms with Crippen LogP contribution in [0.25, 0.3) is 4.91 Å². The second kappa shape index (κ2) is 11.5. The van der Waals surface area contributed by atoms with Gasteiger partial charge in [-0.15, -0.1) is 0 Å². The van der Waals surface area contributed by atoms with E-state index in [0.29, 0.717) is 12.0 Å². The summed E-state index contributed by atoms with van der Waals surface area (Å²) in [6, 6.07) is 15.8. The Morgan fingerprint density at radius 1 is 1.03 bits per heavy atom. The molecule has 0 spiro atoms. The minimum absolute atomic E-state index is 0.0304. The number of aryl methyl sites for hydroxylation is 1. The topological polar surface area (TPSA) is 67.8 Å². The van der Waals surface area contributed by atoms with Crippen molar-refractivity contribution in [1.29, 1.82) is 0 Å². The molecule has 0 fully saturated rings. The van der Waals surface area contributed by atoms with E-state index in [2.05, 4.69) is 29.7 Å². The molecule has 2 aromatic carbocycles. The number of esters is 1. The normalized spacial score (nSPS) is 16.3. The fraction of sp³-hybridized carbons (Fsp3) is 0.393. The van der Waals surface area contributed by atoms with E-state index in [-0.39, 0.29) is 17.8 Å². The van der Waals surface area contributed by atoms with Crippen LogP contribution in [-0.2, 0) is 16.0 Å². The van der Waals surface area contributed by atoms with Crippen LogP contribution in [0.15, 0.2) is 59.7 Å². The summed E-state index contributed by atoms with van der Waals surface area (Å²) >= 11 is 0. The maximum Gasteiger partial charge on any atom is 0.306 e. The Morgan fingerprint density at radius 3 is 2.32 bits per heavy atom. The lowest BCUT2D eigenvalue weighted by atomic mass is 10.1. The Kier molecular flexibility index (Phi) is 8.72. The summed E-state index contributed by atoms with van der Waals surface area (Å²) in [4.78, 5) is 30.3. The molecule has 34 heavy (non-hydrogen) atoms. The first-order valence-corrected chi connectivity index (χ1v) is 14.3. The van der Waals surface area contributed by atoms with Gasteiger partial charge >= 0.3 is 5.97 Å². The second-order valence-electron chi connectivity index (χ2n) is 9.15. The Morgan fingerprint density at radius 2 is 1.71 bits per heavy atom. The summed E-state index contributed by atoms with van der Waals surface area (Å²) in [7, 11) is 0.104. The monoisotopic (exact) mass is 480 g/mol. The van der Waals surface area contributed by atoms with Crippen molar-refractivity contribution in [2.45, 2.75) is 46.0 Å². The first-order valence-electron chi connectivity index (χ1n) is 11.8. The number of rotatable bonds is 10. The number of hydrogen-bond donors (Lipinski definition) is 1. The number of methoxy groups -OCH3 is 1. The molecule has 2 aromatic rings. The van der Waals surface area contributed by atoms with Gasteiger partial charge < -0.3 is 10.1 Å². The van der Waals surface area contributed by atoms with Gasteiger partial charge in [-0.05, 0) is 60.7 Å². The molecule has 1 N–H and O–H groups in total. The number of nitrogens with one attached hydrogen (secondary N) is 1. The number of hydrogen-bond acceptors (Lipinski definition) is 4. The Balaban J connectivity index is 1.62. The van der Waals surface area contributed by atoms with E-state index in [1.54, 1.807) is 0 Å². The van der Waals surface area contributed by atoms with Gasteiger partial charge in [0, 0.05) is 28.3 Å². The van der Waals surface area contributed by atoms with Gasteiger partial charge in [-0.1, -0.05) is 51.0 Å². The summed E-state index contributed by atoms with van der Waals surface area (Å²) in [5.74, 6) is -0.297. The molecule has 5 nitrogen and oxygen atoms in total. The molecule has 6 heteroatoms. The SMILES string of the molecule is CCCCCc1ccc(C(=O)Nc2ccc(C3=CN=C(C(C)CC(=O)OC)S3(C)C)cc2)cc1. The molecule has 0 saturated heterocycles. The lowest BCUT2D eigenvalue weighted by molar-refractivity contribution is -0.141. The number of nitrogens with zero attached hydrogens (tertiary/aromatic N) is 1. The van der Waals surface area contributed by atoms with Crippen LogP contribution < -0.4 is 5.32 Å². The number of benzene rings is 2. The van der Waals surface area contributed by atoms with E-state index in [1.807, 2.05) is 61.7 Å². The van der Waals surface area contributed by atoms with Crippen molar-refractivity contribution in [3.8, 4) is 0 Å². The third-order valence-corrected chi connectivity index (χ3v) is 9.21. The van der Waals surface area contributed by atoms with Crippen LogP contribution in [0.3, 0.4) is 0 Å². The molecule has 1 heterocycles. The predicted octanol–water partition coefficient (Wildman–Crippen LogP) is 6.65. The quantitative estimate of drug-likeness (QED) is 0.306. The summed E-state index contributed by atoms with van der Waals surface area (Å²) in [6.45, 7) is 4.23. The van der Waals surface area contributed by atoms with Crippen molar-refractivity contribution in [3.05, 3.63) is 71.4 Å². The highest BCUT2D eigenvalue weighted by Crippen LogP contribution is 2.60. The molecule has 0 saturated carbocycles. The lowest BCUT2D eigenvalue weighted by Crippen LogP contribution is -2.20. The fourth-order valence-electron chi connectivity index (χ4n) is 4.24. The highest BCUT2D eigenvalue weighted by Gasteiger charge is 2.33. The van der Waals surface area contributed by atoms with E-state index >= 15 is 0 Å². The number of unbranched alkanes of at least 4 members (excludes halogenated alkanes) is 2. The molecule has 1 unspecified atom stereocenters.